The van der Waals surface area contributed by atoms with Gasteiger partial charge in [-0.2, -0.15) is 8.42 Å². The van der Waals surface area contributed by atoms with Crippen LogP contribution in [0.15, 0.2) is 11.6 Å². The third-order valence-corrected chi connectivity index (χ3v) is 2.11. The highest BCUT2D eigenvalue weighted by atomic mass is 32.2. The fraction of sp³-hybridized carbons (Fsp3) is 0.667. The molecule has 0 aliphatic heterocycles. The van der Waals surface area contributed by atoms with E-state index in [1.54, 1.807) is 13.8 Å². The molecule has 0 aromatic carbocycles. The van der Waals surface area contributed by atoms with E-state index in [4.69, 9.17) is 4.55 Å². The van der Waals surface area contributed by atoms with Crippen molar-refractivity contribution in [1.82, 2.24) is 0 Å². The van der Waals surface area contributed by atoms with E-state index in [0.29, 0.717) is 0 Å². The van der Waals surface area contributed by atoms with Crippen molar-refractivity contribution in [3.8, 4) is 0 Å². The molecule has 1 atom stereocenters. The van der Waals surface area contributed by atoms with Crippen molar-refractivity contribution in [2.45, 2.75) is 26.0 Å². The molecule has 4 heteroatoms. The molecule has 0 aliphatic rings. The summed E-state index contributed by atoms with van der Waals surface area (Å²) in [5, 5.41) is -0.794. The van der Waals surface area contributed by atoms with Crippen LogP contribution in [0.2, 0.25) is 0 Å². The van der Waals surface area contributed by atoms with E-state index in [1.165, 1.54) is 13.0 Å². The van der Waals surface area contributed by atoms with Gasteiger partial charge in [-0.15, -0.1) is 0 Å². The molecular weight excluding hydrogens is 152 g/mol. The molecule has 10 heavy (non-hydrogen) atoms. The lowest BCUT2D eigenvalue weighted by Crippen LogP contribution is -2.13. The lowest BCUT2D eigenvalue weighted by Gasteiger charge is -2.00. The molecule has 0 saturated carbocycles. The SMILES string of the molecule is CC(C)=CC(C)S(=O)(=O)O. The number of hydrogen-bond acceptors (Lipinski definition) is 2. The van der Waals surface area contributed by atoms with Gasteiger partial charge in [-0.1, -0.05) is 11.6 Å². The normalized spacial score (nSPS) is 14.4. The van der Waals surface area contributed by atoms with Crippen LogP contribution in [0.3, 0.4) is 0 Å². The third kappa shape index (κ3) is 3.63. The first-order valence-electron chi connectivity index (χ1n) is 2.95. The van der Waals surface area contributed by atoms with Crippen LogP contribution in [-0.4, -0.2) is 18.2 Å². The molecule has 0 fully saturated rings. The minimum atomic E-state index is -3.87. The second-order valence-corrected chi connectivity index (χ2v) is 4.24. The molecular formula is C6H12O3S. The zero-order valence-corrected chi connectivity index (χ0v) is 7.14. The average molecular weight is 164 g/mol. The van der Waals surface area contributed by atoms with Gasteiger partial charge in [0, 0.05) is 0 Å². The van der Waals surface area contributed by atoms with Crippen molar-refractivity contribution < 1.29 is 13.0 Å². The van der Waals surface area contributed by atoms with Crippen LogP contribution in [0.4, 0.5) is 0 Å². The van der Waals surface area contributed by atoms with E-state index in [9.17, 15) is 8.42 Å². The van der Waals surface area contributed by atoms with Crippen molar-refractivity contribution in [2.75, 3.05) is 0 Å². The number of hydrogen-bond donors (Lipinski definition) is 1. The van der Waals surface area contributed by atoms with Gasteiger partial charge in [0.05, 0.1) is 0 Å². The molecule has 0 radical (unpaired) electrons. The summed E-state index contributed by atoms with van der Waals surface area (Å²) >= 11 is 0. The summed E-state index contributed by atoms with van der Waals surface area (Å²) in [7, 11) is -3.87. The molecule has 60 valence electrons. The lowest BCUT2D eigenvalue weighted by molar-refractivity contribution is 0.477. The van der Waals surface area contributed by atoms with E-state index >= 15 is 0 Å². The van der Waals surface area contributed by atoms with E-state index in [2.05, 4.69) is 0 Å². The van der Waals surface area contributed by atoms with Crippen LogP contribution >= 0.6 is 0 Å². The summed E-state index contributed by atoms with van der Waals surface area (Å²) in [6.07, 6.45) is 1.50. The Hall–Kier alpha value is -0.350. The molecule has 1 unspecified atom stereocenters. The van der Waals surface area contributed by atoms with Gasteiger partial charge in [-0.05, 0) is 20.8 Å². The molecule has 0 rings (SSSR count). The van der Waals surface area contributed by atoms with E-state index in [0.717, 1.165) is 5.57 Å². The summed E-state index contributed by atoms with van der Waals surface area (Å²) in [6, 6.07) is 0. The van der Waals surface area contributed by atoms with Crippen molar-refractivity contribution in [3.05, 3.63) is 11.6 Å². The Morgan fingerprint density at radius 1 is 1.50 bits per heavy atom. The Morgan fingerprint density at radius 3 is 2.00 bits per heavy atom. The summed E-state index contributed by atoms with van der Waals surface area (Å²) in [4.78, 5) is 0. The van der Waals surface area contributed by atoms with Crippen LogP contribution in [0.1, 0.15) is 20.8 Å². The molecule has 0 spiro atoms. The molecule has 0 heterocycles. The molecule has 0 aliphatic carbocycles. The number of rotatable bonds is 2. The Bertz CT molecular complexity index is 221. The fourth-order valence-electron chi connectivity index (χ4n) is 0.555. The van der Waals surface area contributed by atoms with Crippen LogP contribution in [0.25, 0.3) is 0 Å². The Morgan fingerprint density at radius 2 is 1.90 bits per heavy atom. The van der Waals surface area contributed by atoms with Gasteiger partial charge in [0.25, 0.3) is 10.1 Å². The summed E-state index contributed by atoms with van der Waals surface area (Å²) in [6.45, 7) is 4.99. The molecule has 0 amide bonds. The van der Waals surface area contributed by atoms with Crippen LogP contribution in [0.5, 0.6) is 0 Å². The van der Waals surface area contributed by atoms with E-state index in [1.807, 2.05) is 0 Å². The highest BCUT2D eigenvalue weighted by molar-refractivity contribution is 7.86. The highest BCUT2D eigenvalue weighted by Crippen LogP contribution is 2.02. The fourth-order valence-corrected chi connectivity index (χ4v) is 1.000. The topological polar surface area (TPSA) is 54.4 Å². The van der Waals surface area contributed by atoms with Gasteiger partial charge in [0.2, 0.25) is 0 Å². The van der Waals surface area contributed by atoms with Crippen LogP contribution in [0, 0.1) is 0 Å². The zero-order chi connectivity index (χ0) is 8.36. The third-order valence-electron chi connectivity index (χ3n) is 1.04. The van der Waals surface area contributed by atoms with Crippen molar-refractivity contribution in [1.29, 1.82) is 0 Å². The second kappa shape index (κ2) is 3.16. The van der Waals surface area contributed by atoms with Gasteiger partial charge >= 0.3 is 0 Å². The van der Waals surface area contributed by atoms with Gasteiger partial charge in [-0.25, -0.2) is 0 Å². The molecule has 3 nitrogen and oxygen atoms in total. The predicted octanol–water partition coefficient (Wildman–Crippen LogP) is 1.23. The molecule has 1 N–H and O–H groups in total. The van der Waals surface area contributed by atoms with Crippen LogP contribution in [-0.2, 0) is 10.1 Å². The summed E-state index contributed by atoms with van der Waals surface area (Å²) in [5.74, 6) is 0. The molecule has 0 aromatic rings. The largest absolute Gasteiger partial charge is 0.285 e. The Kier molecular flexibility index (Phi) is 3.05. The molecule has 0 saturated heterocycles. The molecule has 0 aromatic heterocycles. The quantitative estimate of drug-likeness (QED) is 0.493. The van der Waals surface area contributed by atoms with Crippen molar-refractivity contribution in [2.24, 2.45) is 0 Å². The second-order valence-electron chi connectivity index (χ2n) is 2.46. The first kappa shape index (κ1) is 9.65. The van der Waals surface area contributed by atoms with E-state index < -0.39 is 15.4 Å². The number of allylic oxidation sites excluding steroid dienone is 1. The van der Waals surface area contributed by atoms with Crippen LogP contribution < -0.4 is 0 Å². The van der Waals surface area contributed by atoms with Crippen molar-refractivity contribution in [3.63, 3.8) is 0 Å². The summed E-state index contributed by atoms with van der Waals surface area (Å²) in [5.41, 5.74) is 0.880. The monoisotopic (exact) mass is 164 g/mol. The van der Waals surface area contributed by atoms with Gasteiger partial charge in [0.1, 0.15) is 5.25 Å². The average Bonchev–Trinajstić information content (AvgIpc) is 1.60. The first-order chi connectivity index (χ1) is 4.34. The minimum Gasteiger partial charge on any atom is -0.285 e. The minimum absolute atomic E-state index is 0.794. The highest BCUT2D eigenvalue weighted by Gasteiger charge is 2.12. The van der Waals surface area contributed by atoms with Gasteiger partial charge in [0.15, 0.2) is 0 Å². The van der Waals surface area contributed by atoms with E-state index in [-0.39, 0.29) is 0 Å². The summed E-state index contributed by atoms with van der Waals surface area (Å²) < 4.78 is 29.2. The van der Waals surface area contributed by atoms with Gasteiger partial charge in [-0.3, -0.25) is 4.55 Å². The lowest BCUT2D eigenvalue weighted by atomic mass is 10.3. The maximum atomic E-state index is 10.4. The zero-order valence-electron chi connectivity index (χ0n) is 6.33. The van der Waals surface area contributed by atoms with Crippen molar-refractivity contribution >= 4 is 10.1 Å². The van der Waals surface area contributed by atoms with Gasteiger partial charge < -0.3 is 0 Å². The Balaban J connectivity index is 4.42. The predicted molar refractivity (Wildman–Crippen MR) is 40.4 cm³/mol. The first-order valence-corrected chi connectivity index (χ1v) is 4.45. The standard InChI is InChI=1S/C6H12O3S/c1-5(2)4-6(3)10(7,8)9/h4,6H,1-3H3,(H,7,8,9). The maximum absolute atomic E-state index is 10.4. The Labute approximate surface area is 61.5 Å². The maximum Gasteiger partial charge on any atom is 0.271 e. The molecule has 0 bridgehead atoms. The smallest absolute Gasteiger partial charge is 0.271 e.